The number of piperidine rings is 1. The Morgan fingerprint density at radius 2 is 2.06 bits per heavy atom. The minimum atomic E-state index is -0.384. The summed E-state index contributed by atoms with van der Waals surface area (Å²) in [5, 5.41) is 10.0. The van der Waals surface area contributed by atoms with Gasteiger partial charge in [-0.25, -0.2) is 0 Å². The van der Waals surface area contributed by atoms with E-state index in [9.17, 15) is 5.11 Å². The van der Waals surface area contributed by atoms with E-state index in [1.807, 2.05) is 20.8 Å². The second-order valence-electron chi connectivity index (χ2n) is 6.60. The second kappa shape index (κ2) is 6.85. The number of hydrogen-bond acceptors (Lipinski definition) is 4. The largest absolute Gasteiger partial charge is 0.389 e. The maximum atomic E-state index is 10.0. The van der Waals surface area contributed by atoms with Crippen molar-refractivity contribution in [2.45, 2.75) is 51.4 Å². The summed E-state index contributed by atoms with van der Waals surface area (Å²) in [5.41, 5.74) is -0.172. The molecule has 1 saturated heterocycles. The van der Waals surface area contributed by atoms with Gasteiger partial charge in [-0.2, -0.15) is 0 Å². The van der Waals surface area contributed by atoms with Crippen LogP contribution in [0.5, 0.6) is 0 Å². The summed E-state index contributed by atoms with van der Waals surface area (Å²) < 4.78 is 5.62. The van der Waals surface area contributed by atoms with Crippen molar-refractivity contribution in [2.24, 2.45) is 0 Å². The zero-order valence-electron chi connectivity index (χ0n) is 12.6. The van der Waals surface area contributed by atoms with Gasteiger partial charge < -0.3 is 14.7 Å². The lowest BCUT2D eigenvalue weighted by molar-refractivity contribution is -0.0587. The van der Waals surface area contributed by atoms with Crippen LogP contribution >= 0.6 is 0 Å². The Kier molecular flexibility index (Phi) is 6.05. The van der Waals surface area contributed by atoms with Gasteiger partial charge in [0.25, 0.3) is 0 Å². The molecule has 0 aromatic carbocycles. The molecule has 2 atom stereocenters. The van der Waals surface area contributed by atoms with Gasteiger partial charge in [0.05, 0.1) is 18.3 Å². The number of ether oxygens (including phenoxy) is 1. The molecule has 4 heteroatoms. The number of nitrogens with zero attached hydrogens (tertiary/aromatic N) is 2. The van der Waals surface area contributed by atoms with Gasteiger partial charge in [-0.1, -0.05) is 0 Å². The van der Waals surface area contributed by atoms with E-state index in [4.69, 9.17) is 4.74 Å². The number of β-amino-alcohol motifs (C(OH)–C–C–N with tert-alkyl or cyclic N) is 1. The van der Waals surface area contributed by atoms with Crippen LogP contribution in [0, 0.1) is 0 Å². The molecule has 0 bridgehead atoms. The maximum Gasteiger partial charge on any atom is 0.0900 e. The Morgan fingerprint density at radius 1 is 1.39 bits per heavy atom. The molecule has 4 nitrogen and oxygen atoms in total. The first-order chi connectivity index (χ1) is 8.28. The Labute approximate surface area is 112 Å². The lowest BCUT2D eigenvalue weighted by atomic mass is 10.0. The highest BCUT2D eigenvalue weighted by Gasteiger charge is 2.23. The van der Waals surface area contributed by atoms with Gasteiger partial charge in [0.1, 0.15) is 0 Å². The molecule has 108 valence electrons. The van der Waals surface area contributed by atoms with Crippen LogP contribution < -0.4 is 0 Å². The zero-order chi connectivity index (χ0) is 13.8. The molecule has 1 aliphatic heterocycles. The van der Waals surface area contributed by atoms with Crippen LogP contribution in [0.3, 0.4) is 0 Å². The third kappa shape index (κ3) is 6.14. The fourth-order valence-electron chi connectivity index (χ4n) is 2.32. The van der Waals surface area contributed by atoms with E-state index < -0.39 is 0 Å². The van der Waals surface area contributed by atoms with E-state index in [-0.39, 0.29) is 11.7 Å². The highest BCUT2D eigenvalue weighted by atomic mass is 16.5. The topological polar surface area (TPSA) is 35.9 Å². The predicted octanol–water partition coefficient (Wildman–Crippen LogP) is 1.19. The van der Waals surface area contributed by atoms with Crippen molar-refractivity contribution in [3.8, 4) is 0 Å². The molecule has 1 fully saturated rings. The first-order valence-corrected chi connectivity index (χ1v) is 6.99. The molecule has 1 N–H and O–H groups in total. The number of aliphatic hydroxyl groups is 1. The van der Waals surface area contributed by atoms with Gasteiger partial charge in [-0.3, -0.25) is 4.90 Å². The standard InChI is InChI=1S/C14H30N2O2/c1-14(2,3)18-11-13(17)10-16-8-6-7-12(9-16)15(4)5/h12-13,17H,6-11H2,1-5H3. The fourth-order valence-corrected chi connectivity index (χ4v) is 2.32. The summed E-state index contributed by atoms with van der Waals surface area (Å²) in [4.78, 5) is 4.63. The first kappa shape index (κ1) is 15.9. The summed E-state index contributed by atoms with van der Waals surface area (Å²) in [7, 11) is 4.26. The van der Waals surface area contributed by atoms with Crippen molar-refractivity contribution < 1.29 is 9.84 Å². The van der Waals surface area contributed by atoms with Gasteiger partial charge in [-0.05, 0) is 54.3 Å². The summed E-state index contributed by atoms with van der Waals surface area (Å²) in [6, 6.07) is 0.620. The third-order valence-electron chi connectivity index (χ3n) is 3.39. The number of rotatable bonds is 5. The summed E-state index contributed by atoms with van der Waals surface area (Å²) in [6.07, 6.45) is 2.10. The minimum absolute atomic E-state index is 0.172. The Bertz CT molecular complexity index is 238. The molecule has 0 radical (unpaired) electrons. The van der Waals surface area contributed by atoms with Crippen LogP contribution in [-0.2, 0) is 4.74 Å². The van der Waals surface area contributed by atoms with Crippen LogP contribution in [-0.4, -0.2) is 73.0 Å². The van der Waals surface area contributed by atoms with Crippen molar-refractivity contribution in [1.29, 1.82) is 0 Å². The zero-order valence-corrected chi connectivity index (χ0v) is 12.6. The fraction of sp³-hybridized carbons (Fsp3) is 1.00. The van der Waals surface area contributed by atoms with Crippen LogP contribution in [0.25, 0.3) is 0 Å². The Hall–Kier alpha value is -0.160. The SMILES string of the molecule is CN(C)C1CCCN(CC(O)COC(C)(C)C)C1. The molecule has 1 rings (SSSR count). The second-order valence-corrected chi connectivity index (χ2v) is 6.60. The van der Waals surface area contributed by atoms with Gasteiger partial charge in [0, 0.05) is 19.1 Å². The quantitative estimate of drug-likeness (QED) is 0.803. The number of aliphatic hydroxyl groups excluding tert-OH is 1. The molecule has 0 aromatic rings. The molecular weight excluding hydrogens is 228 g/mol. The predicted molar refractivity (Wildman–Crippen MR) is 74.9 cm³/mol. The van der Waals surface area contributed by atoms with Crippen LogP contribution in [0.4, 0.5) is 0 Å². The van der Waals surface area contributed by atoms with E-state index in [0.717, 1.165) is 19.6 Å². The molecule has 0 aromatic heterocycles. The summed E-state index contributed by atoms with van der Waals surface area (Å²) >= 11 is 0. The summed E-state index contributed by atoms with van der Waals surface area (Å²) in [6.45, 7) is 9.34. The van der Waals surface area contributed by atoms with Crippen molar-refractivity contribution in [1.82, 2.24) is 9.80 Å². The molecule has 0 aliphatic carbocycles. The monoisotopic (exact) mass is 258 g/mol. The molecule has 0 saturated carbocycles. The minimum Gasteiger partial charge on any atom is -0.389 e. The van der Waals surface area contributed by atoms with Crippen molar-refractivity contribution >= 4 is 0 Å². The van der Waals surface area contributed by atoms with Gasteiger partial charge in [-0.15, -0.1) is 0 Å². The molecule has 1 aliphatic rings. The Morgan fingerprint density at radius 3 is 2.61 bits per heavy atom. The normalized spacial score (nSPS) is 24.5. The van der Waals surface area contributed by atoms with Gasteiger partial charge >= 0.3 is 0 Å². The Balaban J connectivity index is 2.29. The average molecular weight is 258 g/mol. The van der Waals surface area contributed by atoms with E-state index in [2.05, 4.69) is 23.9 Å². The molecule has 0 spiro atoms. The van der Waals surface area contributed by atoms with Crippen LogP contribution in [0.2, 0.25) is 0 Å². The van der Waals surface area contributed by atoms with Crippen molar-refractivity contribution in [3.63, 3.8) is 0 Å². The van der Waals surface area contributed by atoms with Crippen LogP contribution in [0.1, 0.15) is 33.6 Å². The smallest absolute Gasteiger partial charge is 0.0900 e. The molecule has 2 unspecified atom stereocenters. The van der Waals surface area contributed by atoms with Crippen molar-refractivity contribution in [2.75, 3.05) is 40.3 Å². The van der Waals surface area contributed by atoms with Crippen LogP contribution in [0.15, 0.2) is 0 Å². The molecule has 0 amide bonds. The lowest BCUT2D eigenvalue weighted by Crippen LogP contribution is -2.48. The number of likely N-dealkylation sites (tertiary alicyclic amines) is 1. The van der Waals surface area contributed by atoms with Gasteiger partial charge in [0.15, 0.2) is 0 Å². The highest BCUT2D eigenvalue weighted by molar-refractivity contribution is 4.79. The number of hydrogen-bond donors (Lipinski definition) is 1. The third-order valence-corrected chi connectivity index (χ3v) is 3.39. The molecule has 18 heavy (non-hydrogen) atoms. The molecular formula is C14H30N2O2. The lowest BCUT2D eigenvalue weighted by Gasteiger charge is -2.37. The van der Waals surface area contributed by atoms with E-state index in [1.165, 1.54) is 12.8 Å². The van der Waals surface area contributed by atoms with Crippen molar-refractivity contribution in [3.05, 3.63) is 0 Å². The summed E-state index contributed by atoms with van der Waals surface area (Å²) in [5.74, 6) is 0. The van der Waals surface area contributed by atoms with E-state index in [1.54, 1.807) is 0 Å². The van der Waals surface area contributed by atoms with E-state index in [0.29, 0.717) is 12.6 Å². The maximum absolute atomic E-state index is 10.0. The highest BCUT2D eigenvalue weighted by Crippen LogP contribution is 2.14. The van der Waals surface area contributed by atoms with Gasteiger partial charge in [0.2, 0.25) is 0 Å². The average Bonchev–Trinajstić information content (AvgIpc) is 2.26. The first-order valence-electron chi connectivity index (χ1n) is 6.99. The van der Waals surface area contributed by atoms with E-state index >= 15 is 0 Å². The number of likely N-dealkylation sites (N-methyl/N-ethyl adjacent to an activating group) is 1. The molecule has 1 heterocycles.